The normalized spacial score (nSPS) is 23.1. The minimum Gasteiger partial charge on any atom is -0.395 e. The lowest BCUT2D eigenvalue weighted by Gasteiger charge is -2.51. The summed E-state index contributed by atoms with van der Waals surface area (Å²) in [5.74, 6) is 2.81. The van der Waals surface area contributed by atoms with Crippen molar-refractivity contribution in [1.29, 1.82) is 0 Å². The fourth-order valence-electron chi connectivity index (χ4n) is 5.71. The summed E-state index contributed by atoms with van der Waals surface area (Å²) < 4.78 is 0. The highest BCUT2D eigenvalue weighted by molar-refractivity contribution is 6.33. The number of β-amino-alcohol motifs (C(OH)–C–C–N with tert-alkyl or cyclic N) is 1. The van der Waals surface area contributed by atoms with E-state index in [1.807, 2.05) is 19.1 Å². The Morgan fingerprint density at radius 1 is 1.11 bits per heavy atom. The molecule has 1 aromatic carbocycles. The molecule has 3 aliphatic heterocycles. The number of nitrogens with zero attached hydrogens (tertiary/aromatic N) is 5. The van der Waals surface area contributed by atoms with E-state index in [0.29, 0.717) is 22.8 Å². The molecular formula is C26H36Cl2N6O. The second-order valence-corrected chi connectivity index (χ2v) is 11.3. The van der Waals surface area contributed by atoms with Gasteiger partial charge in [-0.05, 0) is 62.3 Å². The maximum absolute atomic E-state index is 9.13. The Morgan fingerprint density at radius 2 is 1.91 bits per heavy atom. The quantitative estimate of drug-likeness (QED) is 0.545. The third-order valence-corrected chi connectivity index (χ3v) is 8.53. The van der Waals surface area contributed by atoms with Crippen molar-refractivity contribution in [2.75, 3.05) is 62.6 Å². The average molecular weight is 520 g/mol. The molecule has 3 saturated heterocycles. The summed E-state index contributed by atoms with van der Waals surface area (Å²) in [4.78, 5) is 16.6. The van der Waals surface area contributed by atoms with Crippen molar-refractivity contribution in [3.63, 3.8) is 0 Å². The largest absolute Gasteiger partial charge is 0.395 e. The number of aliphatic hydroxyl groups excluding tert-OH is 1. The first-order valence-electron chi connectivity index (χ1n) is 12.8. The zero-order valence-electron chi connectivity index (χ0n) is 20.6. The highest BCUT2D eigenvalue weighted by atomic mass is 35.5. The first-order chi connectivity index (χ1) is 16.9. The Labute approximate surface area is 218 Å². The van der Waals surface area contributed by atoms with Crippen molar-refractivity contribution in [3.8, 4) is 0 Å². The van der Waals surface area contributed by atoms with Gasteiger partial charge >= 0.3 is 0 Å². The van der Waals surface area contributed by atoms with Gasteiger partial charge in [0.05, 0.1) is 18.8 Å². The van der Waals surface area contributed by atoms with Gasteiger partial charge in [-0.3, -0.25) is 9.80 Å². The maximum atomic E-state index is 9.13. The topological polar surface area (TPSA) is 67.8 Å². The van der Waals surface area contributed by atoms with Crippen molar-refractivity contribution in [1.82, 2.24) is 19.8 Å². The number of halogens is 2. The monoisotopic (exact) mass is 518 g/mol. The van der Waals surface area contributed by atoms with E-state index < -0.39 is 0 Å². The van der Waals surface area contributed by atoms with Gasteiger partial charge in [0.2, 0.25) is 5.95 Å². The van der Waals surface area contributed by atoms with Gasteiger partial charge in [-0.2, -0.15) is 4.98 Å². The Hall–Kier alpha value is -1.64. The summed E-state index contributed by atoms with van der Waals surface area (Å²) in [7, 11) is 0. The zero-order valence-corrected chi connectivity index (χ0v) is 22.1. The molecule has 2 aromatic rings. The highest BCUT2D eigenvalue weighted by Gasteiger charge is 2.40. The van der Waals surface area contributed by atoms with Crippen LogP contribution < -0.4 is 10.2 Å². The molecule has 35 heavy (non-hydrogen) atoms. The van der Waals surface area contributed by atoms with E-state index in [-0.39, 0.29) is 12.6 Å². The lowest BCUT2D eigenvalue weighted by molar-refractivity contribution is -0.00709. The third kappa shape index (κ3) is 5.54. The van der Waals surface area contributed by atoms with E-state index in [1.54, 1.807) is 6.20 Å². The van der Waals surface area contributed by atoms with E-state index >= 15 is 0 Å². The summed E-state index contributed by atoms with van der Waals surface area (Å²) in [6.07, 6.45) is 4.29. The molecule has 7 nitrogen and oxygen atoms in total. The van der Waals surface area contributed by atoms with Crippen molar-refractivity contribution in [3.05, 3.63) is 45.6 Å². The molecule has 0 saturated carbocycles. The minimum atomic E-state index is -0.0273. The number of aryl methyl sites for hydroxylation is 1. The lowest BCUT2D eigenvalue weighted by atomic mass is 9.80. The van der Waals surface area contributed by atoms with E-state index in [0.717, 1.165) is 60.7 Å². The van der Waals surface area contributed by atoms with Gasteiger partial charge in [0.1, 0.15) is 5.02 Å². The maximum Gasteiger partial charge on any atom is 0.227 e. The van der Waals surface area contributed by atoms with E-state index in [2.05, 4.69) is 38.0 Å². The summed E-state index contributed by atoms with van der Waals surface area (Å²) in [6.45, 7) is 11.8. The molecule has 0 spiro atoms. The molecule has 3 aliphatic rings. The number of likely N-dealkylation sites (tertiary alicyclic amines) is 2. The summed E-state index contributed by atoms with van der Waals surface area (Å²) in [6, 6.07) is 6.73. The van der Waals surface area contributed by atoms with E-state index in [4.69, 9.17) is 33.3 Å². The molecule has 1 aromatic heterocycles. The Kier molecular flexibility index (Phi) is 7.70. The number of nitrogens with one attached hydrogen (secondary N) is 1. The molecular weight excluding hydrogens is 483 g/mol. The van der Waals surface area contributed by atoms with Crippen LogP contribution in [0.4, 0.5) is 11.8 Å². The molecule has 4 heterocycles. The van der Waals surface area contributed by atoms with Crippen molar-refractivity contribution >= 4 is 35.0 Å². The van der Waals surface area contributed by atoms with Gasteiger partial charge < -0.3 is 15.3 Å². The van der Waals surface area contributed by atoms with Gasteiger partial charge in [-0.25, -0.2) is 4.98 Å². The number of aliphatic hydroxyl groups is 1. The molecule has 2 unspecified atom stereocenters. The molecule has 5 rings (SSSR count). The summed E-state index contributed by atoms with van der Waals surface area (Å²) >= 11 is 12.9. The van der Waals surface area contributed by atoms with Crippen LogP contribution >= 0.6 is 23.2 Å². The van der Waals surface area contributed by atoms with E-state index in [9.17, 15) is 0 Å². The predicted octanol–water partition coefficient (Wildman–Crippen LogP) is 4.09. The van der Waals surface area contributed by atoms with Crippen LogP contribution in [0.5, 0.6) is 0 Å². The fourth-order valence-corrected chi connectivity index (χ4v) is 6.25. The van der Waals surface area contributed by atoms with Crippen molar-refractivity contribution < 1.29 is 5.11 Å². The fraction of sp³-hybridized carbons (Fsp3) is 0.615. The third-order valence-electron chi connectivity index (χ3n) is 7.93. The zero-order chi connectivity index (χ0) is 24.5. The summed E-state index contributed by atoms with van der Waals surface area (Å²) in [5.41, 5.74) is 2.16. The van der Waals surface area contributed by atoms with Gasteiger partial charge in [0.25, 0.3) is 0 Å². The molecule has 9 heteroatoms. The van der Waals surface area contributed by atoms with Crippen molar-refractivity contribution in [2.45, 2.75) is 38.8 Å². The number of rotatable bonds is 8. The van der Waals surface area contributed by atoms with Gasteiger partial charge in [0.15, 0.2) is 5.82 Å². The summed E-state index contributed by atoms with van der Waals surface area (Å²) in [5, 5.41) is 13.8. The standard InChI is InChI=1S/C26H36Cl2N6O/c1-17-5-6-22(23(27)10-17)18(2)30-25-24(28)11-29-26(31-25)34-13-20(14-34)19-4-3-7-33(12-19)21-15-32(16-21)8-9-35/h5-6,10-11,18-21,35H,3-4,7-9,12-16H2,1-2H3,(H,29,30,31). The van der Waals surface area contributed by atoms with Crippen LogP contribution in [-0.2, 0) is 0 Å². The lowest BCUT2D eigenvalue weighted by Crippen LogP contribution is -2.63. The van der Waals surface area contributed by atoms with Gasteiger partial charge in [-0.15, -0.1) is 0 Å². The van der Waals surface area contributed by atoms with Crippen LogP contribution in [0.25, 0.3) is 0 Å². The smallest absolute Gasteiger partial charge is 0.227 e. The molecule has 2 atom stereocenters. The number of hydrogen-bond acceptors (Lipinski definition) is 7. The second-order valence-electron chi connectivity index (χ2n) is 10.5. The van der Waals surface area contributed by atoms with E-state index in [1.165, 1.54) is 25.9 Å². The molecule has 0 radical (unpaired) electrons. The molecule has 190 valence electrons. The van der Waals surface area contributed by atoms with Crippen LogP contribution in [-0.4, -0.2) is 83.3 Å². The van der Waals surface area contributed by atoms with Gasteiger partial charge in [-0.1, -0.05) is 35.3 Å². The number of anilines is 2. The minimum absolute atomic E-state index is 0.0273. The first-order valence-corrected chi connectivity index (χ1v) is 13.5. The predicted molar refractivity (Wildman–Crippen MR) is 143 cm³/mol. The number of aromatic nitrogens is 2. The Balaban J connectivity index is 1.16. The van der Waals surface area contributed by atoms with Crippen LogP contribution in [0.1, 0.15) is 36.9 Å². The SMILES string of the molecule is Cc1ccc(C(C)Nc2nc(N3CC(C4CCCN(C5CN(CCO)C5)C4)C3)ncc2Cl)c(Cl)c1. The second kappa shape index (κ2) is 10.8. The van der Waals surface area contributed by atoms with Crippen molar-refractivity contribution in [2.24, 2.45) is 11.8 Å². The van der Waals surface area contributed by atoms with Crippen LogP contribution in [0.3, 0.4) is 0 Å². The number of benzene rings is 1. The molecule has 0 amide bonds. The molecule has 0 aliphatic carbocycles. The number of hydrogen-bond donors (Lipinski definition) is 2. The van der Waals surface area contributed by atoms with Crippen LogP contribution in [0, 0.1) is 18.8 Å². The molecule has 3 fully saturated rings. The Bertz CT molecular complexity index is 1030. The van der Waals surface area contributed by atoms with Gasteiger partial charge in [0, 0.05) is 50.3 Å². The highest BCUT2D eigenvalue weighted by Crippen LogP contribution is 2.35. The Morgan fingerprint density at radius 3 is 2.66 bits per heavy atom. The van der Waals surface area contributed by atoms with Crippen LogP contribution in [0.15, 0.2) is 24.4 Å². The first kappa shape index (κ1) is 25.0. The number of piperidine rings is 1. The average Bonchev–Trinajstić information content (AvgIpc) is 2.77. The molecule has 2 N–H and O–H groups in total. The van der Waals surface area contributed by atoms with Crippen LogP contribution in [0.2, 0.25) is 10.0 Å². The molecule has 0 bridgehead atoms.